The van der Waals surface area contributed by atoms with Crippen LogP contribution in [-0.2, 0) is 32.6 Å². The van der Waals surface area contributed by atoms with Crippen LogP contribution >= 0.6 is 0 Å². The smallest absolute Gasteiger partial charge is 0.329 e. The van der Waals surface area contributed by atoms with Gasteiger partial charge in [0.05, 0.1) is 47.7 Å². The normalized spacial score (nSPS) is 25.6. The zero-order chi connectivity index (χ0) is 44.7. The summed E-state index contributed by atoms with van der Waals surface area (Å²) < 4.78 is 40.6. The Morgan fingerprint density at radius 3 is 2.55 bits per heavy atom. The number of hydrogen-bond donors (Lipinski definition) is 2. The highest BCUT2D eigenvalue weighted by molar-refractivity contribution is 6.08. The van der Waals surface area contributed by atoms with Crippen LogP contribution in [-0.4, -0.2) is 125 Å². The van der Waals surface area contributed by atoms with Crippen molar-refractivity contribution in [2.24, 2.45) is 18.4 Å². The number of piperidine rings is 2. The summed E-state index contributed by atoms with van der Waals surface area (Å²) in [7, 11) is 1.73. The largest absolute Gasteiger partial charge is 0.374 e. The highest BCUT2D eigenvalue weighted by Crippen LogP contribution is 2.42. The van der Waals surface area contributed by atoms with Gasteiger partial charge in [-0.15, -0.1) is 0 Å². The van der Waals surface area contributed by atoms with Crippen LogP contribution in [0.1, 0.15) is 97.9 Å². The Bertz CT molecular complexity index is 2770. The summed E-state index contributed by atoms with van der Waals surface area (Å²) in [6, 6.07) is 6.98. The van der Waals surface area contributed by atoms with Gasteiger partial charge in [-0.25, -0.2) is 23.1 Å². The summed E-state index contributed by atoms with van der Waals surface area (Å²) in [5, 5.41) is 13.6. The number of aromatic nitrogens is 7. The van der Waals surface area contributed by atoms with Crippen molar-refractivity contribution < 1.29 is 32.7 Å². The van der Waals surface area contributed by atoms with E-state index in [9.17, 15) is 32.8 Å². The Morgan fingerprint density at radius 2 is 1.83 bits per heavy atom. The number of carbonyl (C=O) groups is 4. The zero-order valence-corrected chi connectivity index (χ0v) is 36.2. The van der Waals surface area contributed by atoms with Crippen LogP contribution in [0.3, 0.4) is 0 Å². The number of aryl methyl sites for hydroxylation is 1. The third-order valence-electron chi connectivity index (χ3n) is 15.1. The number of morpholine rings is 1. The number of likely N-dealkylation sites (tertiary alicyclic amines) is 2. The Labute approximate surface area is 371 Å². The number of ether oxygens (including phenoxy) is 1. The molecule has 2 N–H and O–H groups in total. The number of imidazole rings is 1. The number of rotatable bonds is 10. The molecule has 1 saturated carbocycles. The molecule has 11 rings (SSSR count). The molecule has 342 valence electrons. The summed E-state index contributed by atoms with van der Waals surface area (Å²) in [5.41, 5.74) is 2.37. The Hall–Kier alpha value is -6.02. The van der Waals surface area contributed by atoms with E-state index in [1.165, 1.54) is 26.2 Å². The van der Waals surface area contributed by atoms with E-state index in [1.807, 2.05) is 29.2 Å². The molecule has 0 radical (unpaired) electrons. The molecule has 4 amide bonds. The molecule has 1 unspecified atom stereocenters. The molecule has 5 saturated heterocycles. The second-order valence-electron chi connectivity index (χ2n) is 19.0. The van der Waals surface area contributed by atoms with E-state index in [2.05, 4.69) is 30.6 Å². The molecule has 65 heavy (non-hydrogen) atoms. The van der Waals surface area contributed by atoms with E-state index in [1.54, 1.807) is 17.8 Å². The number of nitrogens with one attached hydrogen (secondary N) is 2. The number of nitrogens with zero attached hydrogens (tertiary/aromatic N) is 10. The fourth-order valence-electron chi connectivity index (χ4n) is 11.6. The van der Waals surface area contributed by atoms with E-state index in [4.69, 9.17) is 9.72 Å². The predicted molar refractivity (Wildman–Crippen MR) is 232 cm³/mol. The summed E-state index contributed by atoms with van der Waals surface area (Å²) in [4.78, 5) is 76.5. The maximum Gasteiger partial charge on any atom is 0.329 e. The first-order valence-corrected chi connectivity index (χ1v) is 22.9. The van der Waals surface area contributed by atoms with Gasteiger partial charge in [0.25, 0.3) is 12.3 Å². The molecule has 1 aliphatic carbocycles. The van der Waals surface area contributed by atoms with Gasteiger partial charge in [-0.2, -0.15) is 10.2 Å². The van der Waals surface area contributed by atoms with Crippen LogP contribution in [0, 0.1) is 11.3 Å². The second-order valence-corrected chi connectivity index (χ2v) is 19.0. The number of amides is 4. The number of alkyl halides is 2. The number of fused-ring (bicyclic) bond motifs is 4. The number of hydrogen-bond acceptors (Lipinski definition) is 11. The van der Waals surface area contributed by atoms with E-state index in [-0.39, 0.29) is 64.7 Å². The van der Waals surface area contributed by atoms with Gasteiger partial charge in [0, 0.05) is 71.0 Å². The quantitative estimate of drug-likeness (QED) is 0.195. The third kappa shape index (κ3) is 7.37. The predicted octanol–water partition coefficient (Wildman–Crippen LogP) is 3.62. The Kier molecular flexibility index (Phi) is 10.3. The molecule has 6 aliphatic rings. The molecule has 5 aliphatic heterocycles. The molecule has 18 nitrogen and oxygen atoms in total. The topological polar surface area (TPSA) is 186 Å². The van der Waals surface area contributed by atoms with Gasteiger partial charge in [-0.05, 0) is 80.9 Å². The highest BCUT2D eigenvalue weighted by Gasteiger charge is 2.46. The maximum atomic E-state index is 14.3. The van der Waals surface area contributed by atoms with E-state index in [0.717, 1.165) is 62.9 Å². The van der Waals surface area contributed by atoms with Gasteiger partial charge in [-0.1, -0.05) is 12.1 Å². The molecule has 20 heteroatoms. The summed E-state index contributed by atoms with van der Waals surface area (Å²) in [6.07, 6.45) is 8.35. The van der Waals surface area contributed by atoms with E-state index in [0.29, 0.717) is 68.8 Å². The van der Waals surface area contributed by atoms with Crippen molar-refractivity contribution in [3.05, 3.63) is 70.2 Å². The van der Waals surface area contributed by atoms with Gasteiger partial charge in [0.1, 0.15) is 17.4 Å². The molecule has 3 atom stereocenters. The fourth-order valence-corrected chi connectivity index (χ4v) is 11.6. The molecule has 2 bridgehead atoms. The number of para-hydroxylation sites is 1. The number of anilines is 2. The minimum atomic E-state index is -2.91. The van der Waals surface area contributed by atoms with Gasteiger partial charge >= 0.3 is 5.69 Å². The van der Waals surface area contributed by atoms with Crippen LogP contribution in [0.15, 0.2) is 47.7 Å². The molecule has 5 aromatic rings. The monoisotopic (exact) mass is 894 g/mol. The van der Waals surface area contributed by atoms with Crippen molar-refractivity contribution in [1.29, 1.82) is 0 Å². The molecule has 1 spiro atoms. The average Bonchev–Trinajstić information content (AvgIpc) is 4.15. The average molecular weight is 895 g/mol. The van der Waals surface area contributed by atoms with Crippen molar-refractivity contribution in [3.8, 4) is 0 Å². The first kappa shape index (κ1) is 41.7. The van der Waals surface area contributed by atoms with Crippen LogP contribution in [0.25, 0.3) is 16.7 Å². The van der Waals surface area contributed by atoms with Gasteiger partial charge in [0.2, 0.25) is 17.7 Å². The summed E-state index contributed by atoms with van der Waals surface area (Å²) >= 11 is 0. The number of benzene rings is 1. The number of carbonyl (C=O) groups excluding carboxylic acids is 4. The molecule has 9 heterocycles. The SMILES string of the molecule is Cn1c(=O)n(C2CCC(=O)NC2=O)c2cccc(CCN3CC4(CCN(C(=O)[C@H]5CC[C@H](n6cc(NC(=O)c7cnn8ccc(N9C[C@H]%10C[C@@H]9CO%10)nc78)c(C(F)F)n6)CC5)CC4)C3)c21. The van der Waals surface area contributed by atoms with Gasteiger partial charge < -0.3 is 24.8 Å². The maximum absolute atomic E-state index is 14.3. The van der Waals surface area contributed by atoms with Crippen LogP contribution < -0.4 is 21.2 Å². The first-order valence-electron chi connectivity index (χ1n) is 22.9. The standard InChI is InChI=1S/C45H52F2N12O6/c1-53-38-26(3-2-4-33(38)59(44(53)64)34-9-10-36(60)51-42(34)62)11-15-54-24-45(25-54)13-17-55(18-14-45)43(63)27-5-7-28(8-6-27)58-22-32(37(52-58)39(46)47)49-41(61)31-20-48-57-16-12-35(50-40(31)57)56-21-30-19-29(56)23-65-30/h2-4,12,16,20,22,27-30,34,39H,5-11,13-15,17-19,21,23-25H2,1H3,(H,49,61)(H,51,60,62)/t27-,28-,29-,30-,34?/m1/s1. The highest BCUT2D eigenvalue weighted by atomic mass is 19.3. The lowest BCUT2D eigenvalue weighted by Gasteiger charge is -2.54. The van der Waals surface area contributed by atoms with Crippen molar-refractivity contribution >= 4 is 51.8 Å². The lowest BCUT2D eigenvalue weighted by Crippen LogP contribution is -2.61. The van der Waals surface area contributed by atoms with Crippen LogP contribution in [0.5, 0.6) is 0 Å². The van der Waals surface area contributed by atoms with E-state index >= 15 is 0 Å². The number of imide groups is 1. The second kappa shape index (κ2) is 16.1. The van der Waals surface area contributed by atoms with Gasteiger partial charge in [-0.3, -0.25) is 38.3 Å². The molecule has 1 aromatic carbocycles. The Balaban J connectivity index is 0.667. The third-order valence-corrected chi connectivity index (χ3v) is 15.1. The molecule has 6 fully saturated rings. The van der Waals surface area contributed by atoms with Crippen molar-refractivity contribution in [1.82, 2.24) is 48.6 Å². The van der Waals surface area contributed by atoms with Gasteiger partial charge in [0.15, 0.2) is 11.3 Å². The van der Waals surface area contributed by atoms with Crippen molar-refractivity contribution in [2.45, 2.75) is 94.9 Å². The molecular formula is C45H52F2N12O6. The summed E-state index contributed by atoms with van der Waals surface area (Å²) in [5.74, 6) is -0.630. The minimum Gasteiger partial charge on any atom is -0.374 e. The van der Waals surface area contributed by atoms with Crippen LogP contribution in [0.2, 0.25) is 0 Å². The first-order chi connectivity index (χ1) is 31.4. The fraction of sp³-hybridized carbons (Fsp3) is 0.556. The lowest BCUT2D eigenvalue weighted by molar-refractivity contribution is -0.142. The minimum absolute atomic E-state index is 0.0597. The molecule has 4 aromatic heterocycles. The molecular weight excluding hydrogens is 843 g/mol. The van der Waals surface area contributed by atoms with E-state index < -0.39 is 30.0 Å². The Morgan fingerprint density at radius 1 is 1.03 bits per heavy atom. The number of halogens is 2. The van der Waals surface area contributed by atoms with Crippen LogP contribution in [0.4, 0.5) is 20.3 Å². The lowest BCUT2D eigenvalue weighted by atomic mass is 9.71. The summed E-state index contributed by atoms with van der Waals surface area (Å²) in [6.45, 7) is 5.49. The zero-order valence-electron chi connectivity index (χ0n) is 36.2. The van der Waals surface area contributed by atoms with Crippen molar-refractivity contribution in [2.75, 3.05) is 56.1 Å². The van der Waals surface area contributed by atoms with Crippen molar-refractivity contribution in [3.63, 3.8) is 0 Å².